The number of hydrogen-bond acceptors (Lipinski definition) is 0. The molecule has 0 aromatic heterocycles. The van der Waals surface area contributed by atoms with E-state index in [2.05, 4.69) is 14.0 Å². The Morgan fingerprint density at radius 1 is 0.423 bits per heavy atom. The molecule has 0 bridgehead atoms. The van der Waals surface area contributed by atoms with Crippen molar-refractivity contribution in [3.05, 3.63) is 118 Å². The van der Waals surface area contributed by atoms with Crippen LogP contribution in [0.15, 0.2) is 48.5 Å². The fraction of sp³-hybridized carbons (Fsp3) is 0.368. The summed E-state index contributed by atoms with van der Waals surface area (Å²) in [5, 5.41) is 0. The van der Waals surface area contributed by atoms with Gasteiger partial charge in [0.15, 0.2) is 69.8 Å². The van der Waals surface area contributed by atoms with Crippen molar-refractivity contribution >= 4 is 28.0 Å². The van der Waals surface area contributed by atoms with Gasteiger partial charge in [-0.2, -0.15) is 21.9 Å². The summed E-state index contributed by atoms with van der Waals surface area (Å²) in [6.07, 6.45) is 9.05. The highest BCUT2D eigenvalue weighted by atomic mass is 19.2. The van der Waals surface area contributed by atoms with Crippen molar-refractivity contribution in [2.24, 2.45) is 0 Å². The maximum absolute atomic E-state index is 14.4. The minimum Gasteiger partial charge on any atom is -0.326 e. The first-order valence-corrected chi connectivity index (χ1v) is 17.1. The summed E-state index contributed by atoms with van der Waals surface area (Å²) in [7, 11) is 2.46. The molecule has 4 aromatic carbocycles. The van der Waals surface area contributed by atoms with Crippen LogP contribution >= 0.6 is 0 Å². The molecule has 0 unspecified atom stereocenters. The van der Waals surface area contributed by atoms with Gasteiger partial charge < -0.3 is 4.48 Å². The minimum atomic E-state index is -4.01. The van der Waals surface area contributed by atoms with Gasteiger partial charge in [0, 0.05) is 0 Å². The Hall–Kier alpha value is -3.94. The van der Waals surface area contributed by atoms with Crippen molar-refractivity contribution in [2.45, 2.75) is 64.7 Å². The summed E-state index contributed by atoms with van der Waals surface area (Å²) < 4.78 is 171. The van der Waals surface area contributed by atoms with E-state index in [-0.39, 0.29) is 48.5 Å². The number of quaternary nitrogens is 1. The lowest BCUT2D eigenvalue weighted by Crippen LogP contribution is -2.75. The second-order valence-corrected chi connectivity index (χ2v) is 13.7. The van der Waals surface area contributed by atoms with E-state index >= 15 is 0 Å². The van der Waals surface area contributed by atoms with Crippen molar-refractivity contribution in [3.63, 3.8) is 0 Å². The predicted molar refractivity (Wildman–Crippen MR) is 178 cm³/mol. The van der Waals surface area contributed by atoms with E-state index in [1.165, 1.54) is 81.9 Å². The van der Waals surface area contributed by atoms with Crippen molar-refractivity contribution < 1.29 is 57.2 Å². The van der Waals surface area contributed by atoms with Gasteiger partial charge in [0.2, 0.25) is 0 Å². The first kappa shape index (κ1) is 40.8. The van der Waals surface area contributed by atoms with E-state index in [1.807, 2.05) is 0 Å². The number of unbranched alkanes of at least 4 members (excludes halogenated alkanes) is 5. The Morgan fingerprint density at radius 2 is 0.692 bits per heavy atom. The van der Waals surface area contributed by atoms with Crippen molar-refractivity contribution in [1.82, 2.24) is 0 Å². The fourth-order valence-electron chi connectivity index (χ4n) is 7.23. The van der Waals surface area contributed by atoms with E-state index in [4.69, 9.17) is 0 Å². The van der Waals surface area contributed by atoms with Gasteiger partial charge in [-0.1, -0.05) is 81.1 Å². The number of hydrogen-bond donors (Lipinski definition) is 0. The molecule has 14 heteroatoms. The Kier molecular flexibility index (Phi) is 13.6. The SMILES string of the molecule is CCCCCCCC[N+]1(C)CCCCC1.Fc1cc([B-](c2cc(F)c(F)c(F)c2)(c2cc(F)c(F)c(F)c2)c2cc(F)c(F)c(F)c2)cc(F)c1F. The van der Waals surface area contributed by atoms with Gasteiger partial charge in [-0.3, -0.25) is 0 Å². The number of benzene rings is 4. The van der Waals surface area contributed by atoms with E-state index in [0.717, 1.165) is 0 Å². The lowest BCUT2D eigenvalue weighted by molar-refractivity contribution is -0.914. The normalized spacial score (nSPS) is 14.3. The minimum absolute atomic E-state index is 0.177. The van der Waals surface area contributed by atoms with Crippen molar-refractivity contribution in [3.8, 4) is 0 Å². The molecule has 1 aliphatic rings. The standard InChI is InChI=1S/C24H8BF12.C14H30N/c26-13-1-9(2-14(27)21(13)34)25(10-3-15(28)22(35)16(29)4-10,11-5-17(30)23(36)18(31)6-11)12-7-19(32)24(37)20(33)8-12;1-3-4-5-6-7-9-12-15(2)13-10-8-11-14-15/h1-8H;3-14H2,1-2H3/q-1;+1. The van der Waals surface area contributed by atoms with Gasteiger partial charge in [0.1, 0.15) is 6.15 Å². The molecule has 1 nitrogen and oxygen atoms in total. The molecular formula is C38H38BF12N. The lowest BCUT2D eigenvalue weighted by Gasteiger charge is -2.44. The van der Waals surface area contributed by atoms with Crippen molar-refractivity contribution in [1.29, 1.82) is 0 Å². The van der Waals surface area contributed by atoms with Gasteiger partial charge in [-0.05, 0) is 32.1 Å². The average Bonchev–Trinajstić information content (AvgIpc) is 3.09. The quantitative estimate of drug-likeness (QED) is 0.0474. The number of halogens is 12. The average molecular weight is 748 g/mol. The second-order valence-electron chi connectivity index (χ2n) is 13.7. The third-order valence-electron chi connectivity index (χ3n) is 9.97. The molecule has 1 fully saturated rings. The molecule has 0 atom stereocenters. The highest BCUT2D eigenvalue weighted by molar-refractivity contribution is 7.19. The first-order chi connectivity index (χ1) is 24.5. The maximum atomic E-state index is 14.4. The molecule has 1 heterocycles. The molecule has 0 aliphatic carbocycles. The van der Waals surface area contributed by atoms with Crippen LogP contribution in [-0.4, -0.2) is 37.3 Å². The molecule has 0 radical (unpaired) electrons. The lowest BCUT2D eigenvalue weighted by atomic mass is 9.13. The van der Waals surface area contributed by atoms with E-state index in [9.17, 15) is 52.7 Å². The number of likely N-dealkylation sites (tertiary alicyclic amines) is 1. The highest BCUT2D eigenvalue weighted by Crippen LogP contribution is 2.21. The topological polar surface area (TPSA) is 0 Å². The second kappa shape index (κ2) is 17.3. The molecule has 0 amide bonds. The highest BCUT2D eigenvalue weighted by Gasteiger charge is 2.37. The van der Waals surface area contributed by atoms with Gasteiger partial charge in [0.05, 0.1) is 26.7 Å². The summed E-state index contributed by atoms with van der Waals surface area (Å²) in [4.78, 5) is 0. The number of rotatable bonds is 11. The molecular weight excluding hydrogens is 709 g/mol. The van der Waals surface area contributed by atoms with Crippen LogP contribution in [0.2, 0.25) is 0 Å². The Balaban J connectivity index is 0.000000338. The molecule has 0 saturated carbocycles. The zero-order valence-electron chi connectivity index (χ0n) is 28.7. The summed E-state index contributed by atoms with van der Waals surface area (Å²) in [6, 6.07) is 1.41. The van der Waals surface area contributed by atoms with Crippen LogP contribution in [0.4, 0.5) is 52.7 Å². The number of nitrogens with zero attached hydrogens (tertiary/aromatic N) is 1. The van der Waals surface area contributed by atoms with Crippen LogP contribution in [0.25, 0.3) is 0 Å². The molecule has 282 valence electrons. The zero-order valence-corrected chi connectivity index (χ0v) is 28.7. The molecule has 1 saturated heterocycles. The van der Waals surface area contributed by atoms with Crippen LogP contribution in [-0.2, 0) is 0 Å². The summed E-state index contributed by atoms with van der Waals surface area (Å²) in [5.74, 6) is -24.0. The molecule has 5 rings (SSSR count). The Morgan fingerprint density at radius 3 is 0.981 bits per heavy atom. The fourth-order valence-corrected chi connectivity index (χ4v) is 7.23. The van der Waals surface area contributed by atoms with Crippen LogP contribution in [0.3, 0.4) is 0 Å². The molecule has 0 N–H and O–H groups in total. The summed E-state index contributed by atoms with van der Waals surface area (Å²) in [6.45, 7) is 6.61. The Bertz CT molecular complexity index is 1550. The maximum Gasteiger partial charge on any atom is 0.194 e. The third kappa shape index (κ3) is 8.81. The predicted octanol–water partition coefficient (Wildman–Crippen LogP) is 8.71. The van der Waals surface area contributed by atoms with Crippen LogP contribution in [0.5, 0.6) is 0 Å². The van der Waals surface area contributed by atoms with Gasteiger partial charge in [-0.15, -0.1) is 0 Å². The number of piperidine rings is 1. The van der Waals surface area contributed by atoms with Gasteiger partial charge >= 0.3 is 0 Å². The first-order valence-electron chi connectivity index (χ1n) is 17.1. The van der Waals surface area contributed by atoms with Crippen LogP contribution in [0.1, 0.15) is 64.7 Å². The third-order valence-corrected chi connectivity index (χ3v) is 9.97. The Labute approximate surface area is 294 Å². The van der Waals surface area contributed by atoms with Gasteiger partial charge in [0.25, 0.3) is 0 Å². The summed E-state index contributed by atoms with van der Waals surface area (Å²) in [5.41, 5.74) is -3.79. The zero-order chi connectivity index (χ0) is 38.4. The van der Waals surface area contributed by atoms with E-state index < -0.39 is 97.8 Å². The molecule has 0 spiro atoms. The largest absolute Gasteiger partial charge is 0.326 e. The van der Waals surface area contributed by atoms with Crippen LogP contribution < -0.4 is 21.9 Å². The molecule has 1 aliphatic heterocycles. The van der Waals surface area contributed by atoms with E-state index in [1.54, 1.807) is 0 Å². The smallest absolute Gasteiger partial charge is 0.194 e. The van der Waals surface area contributed by atoms with Crippen LogP contribution in [0, 0.1) is 69.8 Å². The van der Waals surface area contributed by atoms with Crippen molar-refractivity contribution in [2.75, 3.05) is 26.7 Å². The molecule has 52 heavy (non-hydrogen) atoms. The van der Waals surface area contributed by atoms with Gasteiger partial charge in [-0.25, -0.2) is 52.7 Å². The summed E-state index contributed by atoms with van der Waals surface area (Å²) >= 11 is 0. The molecule has 4 aromatic rings. The monoisotopic (exact) mass is 747 g/mol. The van der Waals surface area contributed by atoms with E-state index in [0.29, 0.717) is 0 Å².